The second-order valence-corrected chi connectivity index (χ2v) is 6.83. The minimum Gasteiger partial charge on any atom is -0.362 e. The van der Waals surface area contributed by atoms with Gasteiger partial charge in [-0.3, -0.25) is 4.79 Å². The molecule has 132 valence electrons. The Bertz CT molecular complexity index is 801. The van der Waals surface area contributed by atoms with Crippen molar-refractivity contribution in [2.45, 2.75) is 51.7 Å². The predicted octanol–water partition coefficient (Wildman–Crippen LogP) is 1.96. The fourth-order valence-electron chi connectivity index (χ4n) is 3.10. The first-order valence-electron chi connectivity index (χ1n) is 8.59. The summed E-state index contributed by atoms with van der Waals surface area (Å²) in [6, 6.07) is 0. The van der Waals surface area contributed by atoms with Crippen molar-refractivity contribution in [2.75, 3.05) is 13.1 Å². The van der Waals surface area contributed by atoms with Crippen molar-refractivity contribution in [3.63, 3.8) is 0 Å². The quantitative estimate of drug-likeness (QED) is 0.840. The lowest BCUT2D eigenvalue weighted by molar-refractivity contribution is -0.0810. The first-order chi connectivity index (χ1) is 12.0. The molecule has 2 atom stereocenters. The van der Waals surface area contributed by atoms with Crippen molar-refractivity contribution in [1.29, 1.82) is 0 Å². The third-order valence-electron chi connectivity index (χ3n) is 4.55. The predicted molar refractivity (Wildman–Crippen MR) is 87.0 cm³/mol. The van der Waals surface area contributed by atoms with E-state index < -0.39 is 6.10 Å². The number of morpholine rings is 1. The average Bonchev–Trinajstić information content (AvgIpc) is 3.31. The summed E-state index contributed by atoms with van der Waals surface area (Å²) in [6.45, 7) is 6.45. The summed E-state index contributed by atoms with van der Waals surface area (Å²) in [7, 11) is 0. The molecular weight excluding hydrogens is 322 g/mol. The van der Waals surface area contributed by atoms with Crippen molar-refractivity contribution in [3.05, 3.63) is 35.0 Å². The van der Waals surface area contributed by atoms with Gasteiger partial charge in [-0.15, -0.1) is 0 Å². The zero-order valence-corrected chi connectivity index (χ0v) is 14.6. The maximum atomic E-state index is 12.9. The molecule has 2 aliphatic rings. The molecule has 25 heavy (non-hydrogen) atoms. The van der Waals surface area contributed by atoms with E-state index in [1.807, 2.05) is 13.8 Å². The standard InChI is InChI=1S/C17H21N5O3/c1-9-7-22(17(23)13-6-18-11(3)19-10(13)2)8-14(24-9)16-20-15(21-25-16)12-4-5-12/h6,9,12,14H,4-5,7-8H2,1-3H3/t9-,14-/m1/s1. The fraction of sp³-hybridized carbons (Fsp3) is 0.588. The van der Waals surface area contributed by atoms with Crippen LogP contribution in [0.5, 0.6) is 0 Å². The number of aromatic nitrogens is 4. The maximum Gasteiger partial charge on any atom is 0.257 e. The van der Waals surface area contributed by atoms with Crippen LogP contribution in [-0.4, -0.2) is 50.1 Å². The molecule has 3 heterocycles. The van der Waals surface area contributed by atoms with Crippen LogP contribution in [0, 0.1) is 13.8 Å². The zero-order chi connectivity index (χ0) is 17.6. The molecule has 8 nitrogen and oxygen atoms in total. The average molecular weight is 343 g/mol. The van der Waals surface area contributed by atoms with Crippen molar-refractivity contribution >= 4 is 5.91 Å². The molecule has 1 saturated carbocycles. The molecule has 0 spiro atoms. The highest BCUT2D eigenvalue weighted by Gasteiger charge is 2.35. The molecule has 0 bridgehead atoms. The second kappa shape index (κ2) is 6.18. The van der Waals surface area contributed by atoms with Crippen LogP contribution in [0.15, 0.2) is 10.7 Å². The van der Waals surface area contributed by atoms with Crippen LogP contribution >= 0.6 is 0 Å². The zero-order valence-electron chi connectivity index (χ0n) is 14.6. The third kappa shape index (κ3) is 3.26. The van der Waals surface area contributed by atoms with Crippen LogP contribution in [0.25, 0.3) is 0 Å². The van der Waals surface area contributed by atoms with Gasteiger partial charge in [-0.25, -0.2) is 9.97 Å². The summed E-state index contributed by atoms with van der Waals surface area (Å²) < 4.78 is 11.3. The summed E-state index contributed by atoms with van der Waals surface area (Å²) in [5, 5.41) is 4.04. The van der Waals surface area contributed by atoms with Crippen molar-refractivity contribution in [3.8, 4) is 0 Å². The normalized spacial score (nSPS) is 23.7. The highest BCUT2D eigenvalue weighted by Crippen LogP contribution is 2.39. The van der Waals surface area contributed by atoms with Gasteiger partial charge in [0.15, 0.2) is 11.9 Å². The maximum absolute atomic E-state index is 12.9. The fourth-order valence-corrected chi connectivity index (χ4v) is 3.10. The molecule has 2 aromatic heterocycles. The van der Waals surface area contributed by atoms with Crippen LogP contribution in [0.2, 0.25) is 0 Å². The van der Waals surface area contributed by atoms with Gasteiger partial charge in [0.05, 0.1) is 23.9 Å². The summed E-state index contributed by atoms with van der Waals surface area (Å²) >= 11 is 0. The first kappa shape index (κ1) is 16.1. The van der Waals surface area contributed by atoms with E-state index in [1.54, 1.807) is 18.0 Å². The van der Waals surface area contributed by atoms with E-state index in [0.717, 1.165) is 18.7 Å². The molecule has 0 aromatic carbocycles. The Labute approximate surface area is 145 Å². The van der Waals surface area contributed by atoms with Gasteiger partial charge < -0.3 is 14.2 Å². The molecule has 2 aromatic rings. The van der Waals surface area contributed by atoms with Crippen LogP contribution in [0.4, 0.5) is 0 Å². The Balaban J connectivity index is 1.54. The van der Waals surface area contributed by atoms with Gasteiger partial charge >= 0.3 is 0 Å². The molecule has 0 radical (unpaired) electrons. The van der Waals surface area contributed by atoms with E-state index >= 15 is 0 Å². The Hall–Kier alpha value is -2.35. The molecular formula is C17H21N5O3. The van der Waals surface area contributed by atoms with Gasteiger partial charge in [-0.2, -0.15) is 4.98 Å². The lowest BCUT2D eigenvalue weighted by Gasteiger charge is -2.35. The Morgan fingerprint density at radius 1 is 1.24 bits per heavy atom. The molecule has 1 aliphatic carbocycles. The monoisotopic (exact) mass is 343 g/mol. The lowest BCUT2D eigenvalue weighted by atomic mass is 10.1. The van der Waals surface area contributed by atoms with Crippen LogP contribution in [0.3, 0.4) is 0 Å². The minimum atomic E-state index is -0.403. The van der Waals surface area contributed by atoms with Crippen molar-refractivity contribution in [2.24, 2.45) is 0 Å². The number of carbonyl (C=O) groups excluding carboxylic acids is 1. The summed E-state index contributed by atoms with van der Waals surface area (Å²) in [6.07, 6.45) is 3.29. The van der Waals surface area contributed by atoms with Crippen molar-refractivity contribution < 1.29 is 14.1 Å². The third-order valence-corrected chi connectivity index (χ3v) is 4.55. The Morgan fingerprint density at radius 2 is 2.04 bits per heavy atom. The second-order valence-electron chi connectivity index (χ2n) is 6.83. The van der Waals surface area contributed by atoms with E-state index in [4.69, 9.17) is 9.26 Å². The highest BCUT2D eigenvalue weighted by atomic mass is 16.5. The van der Waals surface area contributed by atoms with Gasteiger partial charge in [-0.1, -0.05) is 5.16 Å². The van der Waals surface area contributed by atoms with E-state index in [1.165, 1.54) is 0 Å². The number of aryl methyl sites for hydroxylation is 2. The molecule has 1 amide bonds. The number of nitrogens with zero attached hydrogens (tertiary/aromatic N) is 5. The summed E-state index contributed by atoms with van der Waals surface area (Å²) in [5.41, 5.74) is 1.20. The van der Waals surface area contributed by atoms with Gasteiger partial charge in [0, 0.05) is 18.7 Å². The van der Waals surface area contributed by atoms with Gasteiger partial charge in [0.1, 0.15) is 5.82 Å². The Kier molecular flexibility index (Phi) is 3.99. The highest BCUT2D eigenvalue weighted by molar-refractivity contribution is 5.95. The number of ether oxygens (including phenoxy) is 1. The van der Waals surface area contributed by atoms with Gasteiger partial charge in [0.2, 0.25) is 0 Å². The van der Waals surface area contributed by atoms with Gasteiger partial charge in [0.25, 0.3) is 11.8 Å². The van der Waals surface area contributed by atoms with E-state index in [2.05, 4.69) is 20.1 Å². The number of rotatable bonds is 3. The summed E-state index contributed by atoms with van der Waals surface area (Å²) in [5.74, 6) is 2.17. The first-order valence-corrected chi connectivity index (χ1v) is 8.59. The number of hydrogen-bond acceptors (Lipinski definition) is 7. The topological polar surface area (TPSA) is 94.2 Å². The van der Waals surface area contributed by atoms with Gasteiger partial charge in [-0.05, 0) is 33.6 Å². The number of amides is 1. The molecule has 1 saturated heterocycles. The van der Waals surface area contributed by atoms with Crippen molar-refractivity contribution in [1.82, 2.24) is 25.0 Å². The van der Waals surface area contributed by atoms with E-state index in [9.17, 15) is 4.79 Å². The molecule has 4 rings (SSSR count). The number of carbonyl (C=O) groups is 1. The minimum absolute atomic E-state index is 0.0976. The van der Waals surface area contributed by atoms with E-state index in [-0.39, 0.29) is 12.0 Å². The molecule has 2 fully saturated rings. The largest absolute Gasteiger partial charge is 0.362 e. The molecule has 8 heteroatoms. The van der Waals surface area contributed by atoms with E-state index in [0.29, 0.717) is 42.0 Å². The van der Waals surface area contributed by atoms with Crippen LogP contribution in [0.1, 0.15) is 65.4 Å². The summed E-state index contributed by atoms with van der Waals surface area (Å²) in [4.78, 5) is 27.5. The van der Waals surface area contributed by atoms with Crippen LogP contribution in [-0.2, 0) is 4.74 Å². The molecule has 0 N–H and O–H groups in total. The van der Waals surface area contributed by atoms with Crippen LogP contribution < -0.4 is 0 Å². The number of hydrogen-bond donors (Lipinski definition) is 0. The Morgan fingerprint density at radius 3 is 2.76 bits per heavy atom. The smallest absolute Gasteiger partial charge is 0.257 e. The molecule has 0 unspecified atom stereocenters. The SMILES string of the molecule is Cc1ncc(C(=O)N2C[C@@H](C)O[C@@H](c3nc(C4CC4)no3)C2)c(C)n1. The molecule has 1 aliphatic heterocycles. The lowest BCUT2D eigenvalue weighted by Crippen LogP contribution is -2.46.